The Morgan fingerprint density at radius 2 is 2.00 bits per heavy atom. The number of anilines is 1. The molecule has 1 heterocycles. The summed E-state index contributed by atoms with van der Waals surface area (Å²) < 4.78 is 0. The van der Waals surface area contributed by atoms with Gasteiger partial charge in [-0.1, -0.05) is 24.4 Å². The number of amides is 2. The van der Waals surface area contributed by atoms with Gasteiger partial charge in [0, 0.05) is 24.7 Å². The summed E-state index contributed by atoms with van der Waals surface area (Å²) >= 11 is 5.23. The zero-order valence-electron chi connectivity index (χ0n) is 12.0. The monoisotopic (exact) mass is 305 g/mol. The summed E-state index contributed by atoms with van der Waals surface area (Å²) in [6.07, 6.45) is 1.29. The highest BCUT2D eigenvalue weighted by atomic mass is 32.1. The Labute approximate surface area is 129 Å². The zero-order chi connectivity index (χ0) is 15.4. The molecule has 0 aliphatic carbocycles. The first-order chi connectivity index (χ1) is 9.97. The number of carbonyl (C=O) groups is 2. The third-order valence-electron chi connectivity index (χ3n) is 3.65. The van der Waals surface area contributed by atoms with E-state index in [1.54, 1.807) is 0 Å². The molecule has 0 aromatic heterocycles. The Balaban J connectivity index is 1.91. The summed E-state index contributed by atoms with van der Waals surface area (Å²) in [5.74, 6) is -0.665. The summed E-state index contributed by atoms with van der Waals surface area (Å²) in [6.45, 7) is 3.14. The van der Waals surface area contributed by atoms with E-state index in [0.29, 0.717) is 25.9 Å². The minimum absolute atomic E-state index is 0.108. The van der Waals surface area contributed by atoms with Crippen LogP contribution in [0.1, 0.15) is 18.4 Å². The van der Waals surface area contributed by atoms with E-state index >= 15 is 0 Å². The molecule has 112 valence electrons. The van der Waals surface area contributed by atoms with Gasteiger partial charge in [-0.15, -0.1) is 0 Å². The van der Waals surface area contributed by atoms with Crippen LogP contribution in [0.4, 0.5) is 5.69 Å². The van der Waals surface area contributed by atoms with E-state index in [9.17, 15) is 9.59 Å². The molecule has 1 aliphatic rings. The van der Waals surface area contributed by atoms with Crippen LogP contribution in [0.3, 0.4) is 0 Å². The Kier molecular flexibility index (Phi) is 4.90. The lowest BCUT2D eigenvalue weighted by Gasteiger charge is -2.31. The van der Waals surface area contributed by atoms with E-state index in [0.717, 1.165) is 11.3 Å². The summed E-state index contributed by atoms with van der Waals surface area (Å²) in [7, 11) is 0. The molecule has 0 spiro atoms. The molecule has 0 radical (unpaired) electrons. The molecule has 6 heteroatoms. The van der Waals surface area contributed by atoms with Crippen LogP contribution in [0.15, 0.2) is 24.3 Å². The molecule has 0 saturated carbocycles. The third kappa shape index (κ3) is 4.01. The number of benzene rings is 1. The standard InChI is InChI=1S/C15H19N3O2S/c1-10-3-2-4-12(9-10)17-14(20)15(21)18-7-5-11(6-8-18)13(16)19/h2-4,9,11H,5-8H2,1H3,(H2,16,19)(H,17,20). The SMILES string of the molecule is Cc1cccc(NC(=O)C(=S)N2CCC(C(N)=O)CC2)c1. The third-order valence-corrected chi connectivity index (χ3v) is 4.10. The van der Waals surface area contributed by atoms with E-state index in [-0.39, 0.29) is 22.7 Å². The summed E-state index contributed by atoms with van der Waals surface area (Å²) in [6, 6.07) is 7.56. The van der Waals surface area contributed by atoms with E-state index in [1.165, 1.54) is 0 Å². The number of thiocarbonyl (C=S) groups is 1. The molecule has 2 amide bonds. The first-order valence-electron chi connectivity index (χ1n) is 6.93. The van der Waals surface area contributed by atoms with E-state index in [4.69, 9.17) is 18.0 Å². The molecule has 0 bridgehead atoms. The number of nitrogens with zero attached hydrogens (tertiary/aromatic N) is 1. The zero-order valence-corrected chi connectivity index (χ0v) is 12.8. The number of carbonyl (C=O) groups excluding carboxylic acids is 2. The largest absolute Gasteiger partial charge is 0.369 e. The fourth-order valence-corrected chi connectivity index (χ4v) is 2.65. The van der Waals surface area contributed by atoms with Crippen molar-refractivity contribution in [1.82, 2.24) is 4.90 Å². The molecule has 1 saturated heterocycles. The van der Waals surface area contributed by atoms with Gasteiger partial charge in [-0.2, -0.15) is 0 Å². The quantitative estimate of drug-likeness (QED) is 0.811. The number of aryl methyl sites for hydroxylation is 1. The fourth-order valence-electron chi connectivity index (χ4n) is 2.42. The molecule has 1 fully saturated rings. The number of rotatable bonds is 2. The molecule has 2 rings (SSSR count). The minimum atomic E-state index is -0.284. The normalized spacial score (nSPS) is 15.6. The van der Waals surface area contributed by atoms with Gasteiger partial charge in [0.15, 0.2) is 4.99 Å². The second kappa shape index (κ2) is 6.67. The van der Waals surface area contributed by atoms with Gasteiger partial charge in [-0.05, 0) is 37.5 Å². The molecular formula is C15H19N3O2S. The average Bonchev–Trinajstić information content (AvgIpc) is 2.46. The Morgan fingerprint density at radius 1 is 1.33 bits per heavy atom. The number of hydrogen-bond acceptors (Lipinski definition) is 3. The van der Waals surface area contributed by atoms with Crippen LogP contribution in [0.5, 0.6) is 0 Å². The van der Waals surface area contributed by atoms with Crippen molar-refractivity contribution < 1.29 is 9.59 Å². The first-order valence-corrected chi connectivity index (χ1v) is 7.34. The second-order valence-electron chi connectivity index (χ2n) is 5.29. The van der Waals surface area contributed by atoms with Crippen LogP contribution in [0, 0.1) is 12.8 Å². The van der Waals surface area contributed by atoms with Crippen LogP contribution >= 0.6 is 12.2 Å². The molecule has 5 nitrogen and oxygen atoms in total. The van der Waals surface area contributed by atoms with Gasteiger partial charge in [0.1, 0.15) is 0 Å². The van der Waals surface area contributed by atoms with Crippen molar-refractivity contribution in [3.05, 3.63) is 29.8 Å². The molecule has 1 aliphatic heterocycles. The Hall–Kier alpha value is -1.95. The van der Waals surface area contributed by atoms with Gasteiger partial charge in [0.05, 0.1) is 0 Å². The fraction of sp³-hybridized carbons (Fsp3) is 0.400. The number of likely N-dealkylation sites (tertiary alicyclic amines) is 1. The van der Waals surface area contributed by atoms with Crippen LogP contribution < -0.4 is 11.1 Å². The molecule has 0 unspecified atom stereocenters. The lowest BCUT2D eigenvalue weighted by molar-refractivity contribution is -0.122. The van der Waals surface area contributed by atoms with Crippen LogP contribution in [0.2, 0.25) is 0 Å². The molecule has 1 aromatic carbocycles. The van der Waals surface area contributed by atoms with Gasteiger partial charge in [-0.3, -0.25) is 9.59 Å². The number of piperidine rings is 1. The summed E-state index contributed by atoms with van der Waals surface area (Å²) in [4.78, 5) is 25.4. The number of nitrogens with two attached hydrogens (primary N) is 1. The molecular weight excluding hydrogens is 286 g/mol. The number of hydrogen-bond donors (Lipinski definition) is 2. The van der Waals surface area contributed by atoms with Crippen molar-refractivity contribution in [2.24, 2.45) is 11.7 Å². The van der Waals surface area contributed by atoms with E-state index in [1.807, 2.05) is 36.1 Å². The predicted octanol–water partition coefficient (Wildman–Crippen LogP) is 1.46. The number of primary amides is 1. The number of nitrogens with one attached hydrogen (secondary N) is 1. The minimum Gasteiger partial charge on any atom is -0.369 e. The van der Waals surface area contributed by atoms with Crippen molar-refractivity contribution in [2.45, 2.75) is 19.8 Å². The molecule has 21 heavy (non-hydrogen) atoms. The summed E-state index contributed by atoms with van der Waals surface area (Å²) in [5.41, 5.74) is 7.10. The Bertz CT molecular complexity index is 566. The highest BCUT2D eigenvalue weighted by Gasteiger charge is 2.26. The lowest BCUT2D eigenvalue weighted by atomic mass is 9.96. The van der Waals surface area contributed by atoms with E-state index in [2.05, 4.69) is 5.32 Å². The van der Waals surface area contributed by atoms with Crippen molar-refractivity contribution in [2.75, 3.05) is 18.4 Å². The van der Waals surface area contributed by atoms with Crippen molar-refractivity contribution >= 4 is 34.7 Å². The van der Waals surface area contributed by atoms with Gasteiger partial charge >= 0.3 is 0 Å². The van der Waals surface area contributed by atoms with Crippen LogP contribution in [0.25, 0.3) is 0 Å². The van der Waals surface area contributed by atoms with Gasteiger partial charge in [-0.25, -0.2) is 0 Å². The van der Waals surface area contributed by atoms with Gasteiger partial charge in [0.25, 0.3) is 5.91 Å². The van der Waals surface area contributed by atoms with Crippen molar-refractivity contribution in [3.63, 3.8) is 0 Å². The van der Waals surface area contributed by atoms with Crippen LogP contribution in [-0.4, -0.2) is 34.8 Å². The summed E-state index contributed by atoms with van der Waals surface area (Å²) in [5, 5.41) is 2.80. The van der Waals surface area contributed by atoms with Crippen molar-refractivity contribution in [3.8, 4) is 0 Å². The van der Waals surface area contributed by atoms with E-state index < -0.39 is 0 Å². The first kappa shape index (κ1) is 15.4. The predicted molar refractivity (Wildman–Crippen MR) is 85.9 cm³/mol. The smallest absolute Gasteiger partial charge is 0.283 e. The van der Waals surface area contributed by atoms with Crippen molar-refractivity contribution in [1.29, 1.82) is 0 Å². The molecule has 0 atom stereocenters. The lowest BCUT2D eigenvalue weighted by Crippen LogP contribution is -2.45. The average molecular weight is 305 g/mol. The molecule has 3 N–H and O–H groups in total. The highest BCUT2D eigenvalue weighted by Crippen LogP contribution is 2.18. The highest BCUT2D eigenvalue weighted by molar-refractivity contribution is 7.82. The maximum absolute atomic E-state index is 12.2. The van der Waals surface area contributed by atoms with Crippen LogP contribution in [-0.2, 0) is 9.59 Å². The second-order valence-corrected chi connectivity index (χ2v) is 5.68. The topological polar surface area (TPSA) is 75.4 Å². The maximum Gasteiger partial charge on any atom is 0.283 e. The Morgan fingerprint density at radius 3 is 2.57 bits per heavy atom. The van der Waals surface area contributed by atoms with Gasteiger partial charge in [0.2, 0.25) is 5.91 Å². The molecule has 1 aromatic rings. The maximum atomic E-state index is 12.2. The van der Waals surface area contributed by atoms with Gasteiger partial charge < -0.3 is 16.0 Å².